The molecule has 0 aliphatic heterocycles. The number of thiazole rings is 1. The molecule has 0 spiro atoms. The van der Waals surface area contributed by atoms with Gasteiger partial charge < -0.3 is 14.8 Å². The van der Waals surface area contributed by atoms with Crippen molar-refractivity contribution in [3.63, 3.8) is 0 Å². The summed E-state index contributed by atoms with van der Waals surface area (Å²) < 4.78 is 10.6. The van der Waals surface area contributed by atoms with Crippen molar-refractivity contribution < 1.29 is 19.1 Å². The lowest BCUT2D eigenvalue weighted by molar-refractivity contribution is -0.129. The maximum atomic E-state index is 12.6. The highest BCUT2D eigenvalue weighted by Crippen LogP contribution is 2.30. The number of nitrogens with one attached hydrogen (secondary N) is 1. The highest BCUT2D eigenvalue weighted by molar-refractivity contribution is 7.17. The Kier molecular flexibility index (Phi) is 7.25. The van der Waals surface area contributed by atoms with Gasteiger partial charge in [0.05, 0.1) is 12.8 Å². The zero-order valence-electron chi connectivity index (χ0n) is 17.2. The fourth-order valence-corrected chi connectivity index (χ4v) is 4.45. The van der Waals surface area contributed by atoms with Crippen molar-refractivity contribution in [3.8, 4) is 16.3 Å². The average molecular weight is 417 g/mol. The van der Waals surface area contributed by atoms with Crippen molar-refractivity contribution >= 4 is 23.2 Å². The minimum absolute atomic E-state index is 0.249. The van der Waals surface area contributed by atoms with E-state index in [1.807, 2.05) is 24.3 Å². The highest BCUT2D eigenvalue weighted by Gasteiger charge is 2.24. The minimum atomic E-state index is -0.836. The Hall–Kier alpha value is -2.41. The van der Waals surface area contributed by atoms with Crippen LogP contribution >= 0.6 is 11.3 Å². The van der Waals surface area contributed by atoms with E-state index in [1.165, 1.54) is 30.6 Å². The molecule has 2 aromatic rings. The number of aromatic nitrogens is 1. The number of ether oxygens (including phenoxy) is 2. The molecule has 1 aromatic heterocycles. The number of carbonyl (C=O) groups excluding carboxylic acids is 2. The molecule has 1 atom stereocenters. The number of amides is 1. The summed E-state index contributed by atoms with van der Waals surface area (Å²) in [4.78, 5) is 29.8. The molecule has 0 radical (unpaired) electrons. The summed E-state index contributed by atoms with van der Waals surface area (Å²) in [5, 5.41) is 3.65. The molecule has 7 heteroatoms. The topological polar surface area (TPSA) is 77.5 Å². The molecule has 156 valence electrons. The number of benzene rings is 1. The van der Waals surface area contributed by atoms with Crippen LogP contribution in [-0.4, -0.2) is 36.6 Å². The van der Waals surface area contributed by atoms with Gasteiger partial charge >= 0.3 is 5.97 Å². The Morgan fingerprint density at radius 3 is 2.55 bits per heavy atom. The van der Waals surface area contributed by atoms with Gasteiger partial charge in [-0.1, -0.05) is 19.3 Å². The number of methoxy groups -OCH3 is 1. The number of aryl methyl sites for hydroxylation is 1. The monoisotopic (exact) mass is 416 g/mol. The lowest BCUT2D eigenvalue weighted by atomic mass is 9.89. The summed E-state index contributed by atoms with van der Waals surface area (Å²) in [5.74, 6) is 0.530. The first-order valence-electron chi connectivity index (χ1n) is 10.1. The number of carbonyl (C=O) groups is 2. The minimum Gasteiger partial charge on any atom is -0.497 e. The summed E-state index contributed by atoms with van der Waals surface area (Å²) in [5.41, 5.74) is 1.50. The zero-order chi connectivity index (χ0) is 20.8. The molecule has 1 saturated carbocycles. The summed E-state index contributed by atoms with van der Waals surface area (Å²) >= 11 is 1.27. The van der Waals surface area contributed by atoms with Gasteiger partial charge in [-0.05, 0) is 56.9 Å². The van der Waals surface area contributed by atoms with Crippen LogP contribution in [0.4, 0.5) is 0 Å². The van der Waals surface area contributed by atoms with E-state index in [2.05, 4.69) is 10.3 Å². The molecule has 29 heavy (non-hydrogen) atoms. The van der Waals surface area contributed by atoms with Crippen LogP contribution in [-0.2, 0) is 9.53 Å². The first-order valence-corrected chi connectivity index (χ1v) is 10.9. The fraction of sp³-hybridized carbons (Fsp3) is 0.500. The van der Waals surface area contributed by atoms with E-state index in [1.54, 1.807) is 21.0 Å². The van der Waals surface area contributed by atoms with Crippen molar-refractivity contribution in [3.05, 3.63) is 34.8 Å². The summed E-state index contributed by atoms with van der Waals surface area (Å²) in [7, 11) is 1.61. The maximum Gasteiger partial charge on any atom is 0.351 e. The van der Waals surface area contributed by atoms with E-state index in [0.717, 1.165) is 29.2 Å². The zero-order valence-corrected chi connectivity index (χ0v) is 18.0. The molecule has 6 nitrogen and oxygen atoms in total. The summed E-state index contributed by atoms with van der Waals surface area (Å²) in [6.45, 7) is 4.03. The largest absolute Gasteiger partial charge is 0.497 e. The predicted molar refractivity (Wildman–Crippen MR) is 113 cm³/mol. The lowest BCUT2D eigenvalue weighted by Gasteiger charge is -2.22. The van der Waals surface area contributed by atoms with Crippen LogP contribution in [0.3, 0.4) is 0 Å². The molecule has 0 saturated heterocycles. The summed E-state index contributed by atoms with van der Waals surface area (Å²) in [6, 6.07) is 7.49. The SMILES string of the molecule is COc1ccc(-c2nc(C)c(C(=O)O[C@@H](C)C(=O)NCC3CCCCC3)s2)cc1. The molecule has 1 aliphatic carbocycles. The van der Waals surface area contributed by atoms with Crippen LogP contribution in [0.2, 0.25) is 0 Å². The van der Waals surface area contributed by atoms with Crippen LogP contribution in [0, 0.1) is 12.8 Å². The molecule has 0 bridgehead atoms. The van der Waals surface area contributed by atoms with Crippen LogP contribution in [0.25, 0.3) is 10.6 Å². The molecular weight excluding hydrogens is 388 g/mol. The van der Waals surface area contributed by atoms with Gasteiger partial charge in [-0.2, -0.15) is 0 Å². The van der Waals surface area contributed by atoms with E-state index in [9.17, 15) is 9.59 Å². The van der Waals surface area contributed by atoms with Crippen molar-refractivity contribution in [1.82, 2.24) is 10.3 Å². The van der Waals surface area contributed by atoms with Crippen molar-refractivity contribution in [2.45, 2.75) is 52.1 Å². The van der Waals surface area contributed by atoms with E-state index < -0.39 is 12.1 Å². The Morgan fingerprint density at radius 1 is 1.21 bits per heavy atom. The van der Waals surface area contributed by atoms with Gasteiger partial charge in [0.15, 0.2) is 6.10 Å². The quantitative estimate of drug-likeness (QED) is 0.678. The van der Waals surface area contributed by atoms with Gasteiger partial charge in [0.1, 0.15) is 15.6 Å². The molecule has 3 rings (SSSR count). The molecule has 1 fully saturated rings. The van der Waals surface area contributed by atoms with Crippen LogP contribution in [0.5, 0.6) is 5.75 Å². The molecule has 1 heterocycles. The smallest absolute Gasteiger partial charge is 0.351 e. The van der Waals surface area contributed by atoms with E-state index in [4.69, 9.17) is 9.47 Å². The number of esters is 1. The number of rotatable bonds is 7. The summed E-state index contributed by atoms with van der Waals surface area (Å²) in [6.07, 6.45) is 5.21. The third kappa shape index (κ3) is 5.56. The maximum absolute atomic E-state index is 12.6. The lowest BCUT2D eigenvalue weighted by Crippen LogP contribution is -2.38. The van der Waals surface area contributed by atoms with Crippen molar-refractivity contribution in [2.24, 2.45) is 5.92 Å². The second-order valence-electron chi connectivity index (χ2n) is 7.46. The Labute approximate surface area is 175 Å². The molecule has 1 N–H and O–H groups in total. The van der Waals surface area contributed by atoms with Crippen molar-refractivity contribution in [1.29, 1.82) is 0 Å². The third-order valence-electron chi connectivity index (χ3n) is 5.26. The second-order valence-corrected chi connectivity index (χ2v) is 8.46. The first kappa shape index (κ1) is 21.3. The molecule has 1 aliphatic rings. The van der Waals surface area contributed by atoms with Crippen LogP contribution < -0.4 is 10.1 Å². The van der Waals surface area contributed by atoms with Gasteiger partial charge in [-0.15, -0.1) is 11.3 Å². The molecule has 1 aromatic carbocycles. The van der Waals surface area contributed by atoms with Gasteiger partial charge in [0, 0.05) is 12.1 Å². The molecule has 1 amide bonds. The van der Waals surface area contributed by atoms with E-state index in [-0.39, 0.29) is 5.91 Å². The highest BCUT2D eigenvalue weighted by atomic mass is 32.1. The van der Waals surface area contributed by atoms with Gasteiger partial charge in [-0.25, -0.2) is 9.78 Å². The first-order chi connectivity index (χ1) is 14.0. The second kappa shape index (κ2) is 9.87. The van der Waals surface area contributed by atoms with Gasteiger partial charge in [-0.3, -0.25) is 4.79 Å². The van der Waals surface area contributed by atoms with Gasteiger partial charge in [0.25, 0.3) is 5.91 Å². The van der Waals surface area contributed by atoms with Crippen LogP contribution in [0.15, 0.2) is 24.3 Å². The Morgan fingerprint density at radius 2 is 1.90 bits per heavy atom. The van der Waals surface area contributed by atoms with Gasteiger partial charge in [0.2, 0.25) is 0 Å². The average Bonchev–Trinajstić information content (AvgIpc) is 3.14. The third-order valence-corrected chi connectivity index (χ3v) is 6.45. The molecular formula is C22H28N2O4S. The van der Waals surface area contributed by atoms with E-state index >= 15 is 0 Å². The Bertz CT molecular complexity index is 841. The standard InChI is InChI=1S/C22H28N2O4S/c1-14-19(29-21(24-14)17-9-11-18(27-3)12-10-17)22(26)28-15(2)20(25)23-13-16-7-5-4-6-8-16/h9-12,15-16H,4-8,13H2,1-3H3,(H,23,25)/t15-/m0/s1. The number of nitrogens with zero attached hydrogens (tertiary/aromatic N) is 1. The fourth-order valence-electron chi connectivity index (χ4n) is 3.49. The number of hydrogen-bond donors (Lipinski definition) is 1. The normalized spacial score (nSPS) is 15.6. The number of hydrogen-bond acceptors (Lipinski definition) is 6. The predicted octanol–water partition coefficient (Wildman–Crippen LogP) is 4.37. The molecule has 0 unspecified atom stereocenters. The van der Waals surface area contributed by atoms with E-state index in [0.29, 0.717) is 23.0 Å². The van der Waals surface area contributed by atoms with Crippen molar-refractivity contribution in [2.75, 3.05) is 13.7 Å². The van der Waals surface area contributed by atoms with Crippen LogP contribution in [0.1, 0.15) is 54.4 Å². The Balaban J connectivity index is 1.57.